The summed E-state index contributed by atoms with van der Waals surface area (Å²) in [6, 6.07) is 3.86. The Labute approximate surface area is 136 Å². The average Bonchev–Trinajstić information content (AvgIpc) is 2.45. The molecule has 0 saturated heterocycles. The molecule has 0 aliphatic carbocycles. The van der Waals surface area contributed by atoms with Crippen LogP contribution in [0, 0.1) is 11.3 Å². The molecule has 6 nitrogen and oxygen atoms in total. The number of aliphatic hydroxyl groups is 1. The monoisotopic (exact) mass is 364 g/mol. The molecule has 1 aromatic rings. The van der Waals surface area contributed by atoms with E-state index in [0.717, 1.165) is 19.1 Å². The summed E-state index contributed by atoms with van der Waals surface area (Å²) in [5.41, 5.74) is -4.51. The molecule has 0 radical (unpaired) electrons. The van der Waals surface area contributed by atoms with Gasteiger partial charge in [0.1, 0.15) is 0 Å². The first-order chi connectivity index (χ1) is 10.8. The number of hydrogen-bond donors (Lipinski definition) is 2. The highest BCUT2D eigenvalue weighted by atomic mass is 32.2. The zero-order valence-electron chi connectivity index (χ0n) is 12.8. The van der Waals surface area contributed by atoms with Crippen LogP contribution in [0.1, 0.15) is 25.0 Å². The maximum atomic E-state index is 12.9. The van der Waals surface area contributed by atoms with E-state index in [0.29, 0.717) is 6.07 Å². The number of halogens is 3. The Kier molecular flexibility index (Phi) is 5.63. The number of alkyl halides is 3. The third-order valence-electron chi connectivity index (χ3n) is 3.13. The van der Waals surface area contributed by atoms with Crippen molar-refractivity contribution < 1.29 is 31.5 Å². The van der Waals surface area contributed by atoms with E-state index in [1.807, 2.05) is 5.32 Å². The van der Waals surface area contributed by atoms with E-state index in [1.165, 1.54) is 13.0 Å². The maximum absolute atomic E-state index is 12.9. The molecule has 10 heteroatoms. The smallest absolute Gasteiger partial charge is 0.379 e. The fourth-order valence-corrected chi connectivity index (χ4v) is 3.01. The van der Waals surface area contributed by atoms with Crippen LogP contribution in [0.2, 0.25) is 0 Å². The lowest BCUT2D eigenvalue weighted by molar-refractivity contribution is -0.137. The second-order valence-electron chi connectivity index (χ2n) is 5.27. The third-order valence-corrected chi connectivity index (χ3v) is 5.01. The Bertz CT molecular complexity index is 780. The number of carbonyl (C=O) groups is 1. The topological polar surface area (TPSA) is 107 Å². The SMILES string of the molecule is CCS(=O)(=O)C[C@](C)(O)C(=O)Nc1ccc(C#N)c(C(F)(F)F)c1. The molecule has 132 valence electrons. The van der Waals surface area contributed by atoms with Gasteiger partial charge in [-0.2, -0.15) is 18.4 Å². The van der Waals surface area contributed by atoms with E-state index in [9.17, 15) is 31.5 Å². The molecule has 0 aromatic heterocycles. The summed E-state index contributed by atoms with van der Waals surface area (Å²) < 4.78 is 61.6. The summed E-state index contributed by atoms with van der Waals surface area (Å²) in [6.07, 6.45) is -4.81. The Balaban J connectivity index is 3.10. The first kappa shape index (κ1) is 19.9. The number of hydrogen-bond acceptors (Lipinski definition) is 5. The lowest BCUT2D eigenvalue weighted by Crippen LogP contribution is -2.46. The third kappa shape index (κ3) is 4.94. The molecule has 2 N–H and O–H groups in total. The first-order valence-electron chi connectivity index (χ1n) is 6.68. The van der Waals surface area contributed by atoms with Crippen molar-refractivity contribution in [1.82, 2.24) is 0 Å². The molecule has 0 aliphatic heterocycles. The zero-order valence-corrected chi connectivity index (χ0v) is 13.6. The highest BCUT2D eigenvalue weighted by molar-refractivity contribution is 7.91. The van der Waals surface area contributed by atoms with Gasteiger partial charge < -0.3 is 10.4 Å². The second-order valence-corrected chi connectivity index (χ2v) is 7.63. The molecule has 0 saturated carbocycles. The van der Waals surface area contributed by atoms with Crippen LogP contribution in [0.15, 0.2) is 18.2 Å². The summed E-state index contributed by atoms with van der Waals surface area (Å²) in [6.45, 7) is 2.28. The molecular weight excluding hydrogens is 349 g/mol. The Morgan fingerprint density at radius 2 is 1.96 bits per heavy atom. The van der Waals surface area contributed by atoms with E-state index in [4.69, 9.17) is 5.26 Å². The van der Waals surface area contributed by atoms with Crippen LogP contribution < -0.4 is 5.32 Å². The minimum absolute atomic E-state index is 0.300. The lowest BCUT2D eigenvalue weighted by atomic mass is 10.1. The molecule has 1 rings (SSSR count). The number of nitriles is 1. The lowest BCUT2D eigenvalue weighted by Gasteiger charge is -2.22. The minimum atomic E-state index is -4.81. The highest BCUT2D eigenvalue weighted by Gasteiger charge is 2.37. The maximum Gasteiger partial charge on any atom is 0.417 e. The predicted molar refractivity (Wildman–Crippen MR) is 79.7 cm³/mol. The standard InChI is InChI=1S/C14H15F3N2O4S/c1-3-24(22,23)8-13(2,21)12(20)19-10-5-4-9(7-18)11(6-10)14(15,16)17/h4-6,21H,3,8H2,1-2H3,(H,19,20)/t13-/m0/s1. The first-order valence-corrected chi connectivity index (χ1v) is 8.50. The molecule has 1 atom stereocenters. The van der Waals surface area contributed by atoms with E-state index in [-0.39, 0.29) is 11.4 Å². The van der Waals surface area contributed by atoms with Crippen molar-refractivity contribution >= 4 is 21.4 Å². The van der Waals surface area contributed by atoms with Crippen molar-refractivity contribution in [2.24, 2.45) is 0 Å². The highest BCUT2D eigenvalue weighted by Crippen LogP contribution is 2.33. The molecule has 0 aliphatic rings. The van der Waals surface area contributed by atoms with Gasteiger partial charge in [-0.05, 0) is 25.1 Å². The van der Waals surface area contributed by atoms with Gasteiger partial charge in [0, 0.05) is 11.4 Å². The van der Waals surface area contributed by atoms with Gasteiger partial charge >= 0.3 is 6.18 Å². The van der Waals surface area contributed by atoms with E-state index in [2.05, 4.69) is 0 Å². The summed E-state index contributed by atoms with van der Waals surface area (Å²) in [5, 5.41) is 20.7. The van der Waals surface area contributed by atoms with Crippen molar-refractivity contribution in [2.45, 2.75) is 25.6 Å². The molecule has 1 aromatic carbocycles. The zero-order chi connectivity index (χ0) is 18.8. The van der Waals surface area contributed by atoms with Gasteiger partial charge in [0.25, 0.3) is 5.91 Å². The summed E-state index contributed by atoms with van der Waals surface area (Å²) >= 11 is 0. The number of benzene rings is 1. The summed E-state index contributed by atoms with van der Waals surface area (Å²) in [5.74, 6) is -2.34. The Hall–Kier alpha value is -2.12. The van der Waals surface area contributed by atoms with E-state index in [1.54, 1.807) is 0 Å². The van der Waals surface area contributed by atoms with E-state index >= 15 is 0 Å². The molecule has 0 bridgehead atoms. The normalized spacial score (nSPS) is 14.5. The number of sulfone groups is 1. The van der Waals surface area contributed by atoms with Crippen molar-refractivity contribution in [2.75, 3.05) is 16.8 Å². The number of amides is 1. The molecule has 0 spiro atoms. The predicted octanol–water partition coefficient (Wildman–Crippen LogP) is 1.70. The van der Waals surface area contributed by atoms with Crippen molar-refractivity contribution in [3.8, 4) is 6.07 Å². The van der Waals surface area contributed by atoms with Gasteiger partial charge in [0.2, 0.25) is 0 Å². The number of nitrogens with zero attached hydrogens (tertiary/aromatic N) is 1. The fraction of sp³-hybridized carbons (Fsp3) is 0.429. The van der Waals surface area contributed by atoms with Crippen molar-refractivity contribution in [1.29, 1.82) is 5.26 Å². The van der Waals surface area contributed by atoms with Crippen LogP contribution in [0.5, 0.6) is 0 Å². The largest absolute Gasteiger partial charge is 0.417 e. The van der Waals surface area contributed by atoms with Gasteiger partial charge in [-0.15, -0.1) is 0 Å². The number of anilines is 1. The molecule has 24 heavy (non-hydrogen) atoms. The number of rotatable bonds is 5. The Morgan fingerprint density at radius 3 is 2.42 bits per heavy atom. The number of nitrogens with one attached hydrogen (secondary N) is 1. The second kappa shape index (κ2) is 6.78. The van der Waals surface area contributed by atoms with Crippen LogP contribution in [-0.2, 0) is 20.8 Å². The molecule has 0 heterocycles. The molecule has 0 fully saturated rings. The van der Waals surface area contributed by atoms with Gasteiger partial charge in [0.05, 0.1) is 22.9 Å². The minimum Gasteiger partial charge on any atom is -0.379 e. The van der Waals surface area contributed by atoms with Crippen molar-refractivity contribution in [3.05, 3.63) is 29.3 Å². The quantitative estimate of drug-likeness (QED) is 0.827. The van der Waals surface area contributed by atoms with Crippen LogP contribution in [0.4, 0.5) is 18.9 Å². The average molecular weight is 364 g/mol. The molecular formula is C14H15F3N2O4S. The van der Waals surface area contributed by atoms with Crippen LogP contribution >= 0.6 is 0 Å². The summed E-state index contributed by atoms with van der Waals surface area (Å²) in [7, 11) is -3.69. The van der Waals surface area contributed by atoms with Gasteiger partial charge in [0.15, 0.2) is 15.4 Å². The van der Waals surface area contributed by atoms with Crippen LogP contribution in [0.3, 0.4) is 0 Å². The van der Waals surface area contributed by atoms with Crippen LogP contribution in [0.25, 0.3) is 0 Å². The fourth-order valence-electron chi connectivity index (χ4n) is 1.82. The Morgan fingerprint density at radius 1 is 1.38 bits per heavy atom. The molecule has 1 amide bonds. The van der Waals surface area contributed by atoms with Gasteiger partial charge in [-0.3, -0.25) is 4.79 Å². The van der Waals surface area contributed by atoms with Crippen LogP contribution in [-0.4, -0.2) is 36.5 Å². The molecule has 0 unspecified atom stereocenters. The number of carbonyl (C=O) groups excluding carboxylic acids is 1. The van der Waals surface area contributed by atoms with E-state index < -0.39 is 44.4 Å². The van der Waals surface area contributed by atoms with Gasteiger partial charge in [-0.25, -0.2) is 8.42 Å². The van der Waals surface area contributed by atoms with Crippen molar-refractivity contribution in [3.63, 3.8) is 0 Å². The van der Waals surface area contributed by atoms with Gasteiger partial charge in [-0.1, -0.05) is 6.92 Å². The summed E-state index contributed by atoms with van der Waals surface area (Å²) in [4.78, 5) is 12.0.